The highest BCUT2D eigenvalue weighted by atomic mass is 16.6. The van der Waals surface area contributed by atoms with Crippen LogP contribution in [0.1, 0.15) is 27.9 Å². The van der Waals surface area contributed by atoms with Gasteiger partial charge < -0.3 is 0 Å². The van der Waals surface area contributed by atoms with E-state index in [-0.39, 0.29) is 16.9 Å². The average Bonchev–Trinajstić information content (AvgIpc) is 2.88. The van der Waals surface area contributed by atoms with E-state index < -0.39 is 4.92 Å². The first-order valence-corrected chi connectivity index (χ1v) is 8.46. The highest BCUT2D eigenvalue weighted by Gasteiger charge is 2.17. The molecule has 7 nitrogen and oxygen atoms in total. The molecule has 0 aliphatic carbocycles. The van der Waals surface area contributed by atoms with E-state index >= 15 is 0 Å². The van der Waals surface area contributed by atoms with Crippen molar-refractivity contribution in [3.8, 4) is 5.69 Å². The Bertz CT molecular complexity index is 1110. The van der Waals surface area contributed by atoms with Gasteiger partial charge in [0.15, 0.2) is 0 Å². The molecule has 0 bridgehead atoms. The van der Waals surface area contributed by atoms with Crippen LogP contribution < -0.4 is 5.56 Å². The second-order valence-corrected chi connectivity index (χ2v) is 6.59. The Balaban J connectivity index is 2.06. The number of aryl methyl sites for hydroxylation is 4. The van der Waals surface area contributed by atoms with Gasteiger partial charge in [0.1, 0.15) is 5.69 Å². The summed E-state index contributed by atoms with van der Waals surface area (Å²) in [6.45, 7) is 7.30. The van der Waals surface area contributed by atoms with Crippen LogP contribution in [0.5, 0.6) is 0 Å². The lowest BCUT2D eigenvalue weighted by molar-refractivity contribution is -0.384. The average molecular weight is 364 g/mol. The molecule has 0 aliphatic heterocycles. The zero-order chi connectivity index (χ0) is 19.7. The van der Waals surface area contributed by atoms with E-state index in [2.05, 4.69) is 10.1 Å². The number of hydrogen-bond donors (Lipinski definition) is 1. The predicted molar refractivity (Wildman–Crippen MR) is 106 cm³/mol. The van der Waals surface area contributed by atoms with E-state index in [1.807, 2.05) is 37.3 Å². The van der Waals surface area contributed by atoms with Crippen LogP contribution in [0.4, 0.5) is 11.4 Å². The molecule has 0 atom stereocenters. The molecule has 0 unspecified atom stereocenters. The standard InChI is InChI=1S/C20H20N4O3/c1-12-5-7-16(8-6-12)23-20(25)17(15(4)22-23)11-21-19-14(3)9-13(2)10-18(19)24(26)27/h5-11,22H,1-4H3. The fraction of sp³-hybridized carbons (Fsp3) is 0.200. The van der Waals surface area contributed by atoms with Gasteiger partial charge in [-0.3, -0.25) is 20.0 Å². The topological polar surface area (TPSA) is 93.3 Å². The highest BCUT2D eigenvalue weighted by molar-refractivity contribution is 5.85. The van der Waals surface area contributed by atoms with Crippen molar-refractivity contribution in [3.63, 3.8) is 0 Å². The number of nitro groups is 1. The molecular formula is C20H20N4O3. The quantitative estimate of drug-likeness (QED) is 0.430. The Labute approximate surface area is 156 Å². The van der Waals surface area contributed by atoms with Crippen molar-refractivity contribution in [2.45, 2.75) is 27.7 Å². The first kappa shape index (κ1) is 18.3. The Morgan fingerprint density at radius 3 is 2.37 bits per heavy atom. The zero-order valence-electron chi connectivity index (χ0n) is 15.6. The first-order chi connectivity index (χ1) is 12.8. The smallest absolute Gasteiger partial charge is 0.295 e. The summed E-state index contributed by atoms with van der Waals surface area (Å²) in [5.74, 6) is 0. The fourth-order valence-corrected chi connectivity index (χ4v) is 2.96. The van der Waals surface area contributed by atoms with Crippen LogP contribution in [0, 0.1) is 37.8 Å². The van der Waals surface area contributed by atoms with Crippen molar-refractivity contribution >= 4 is 17.6 Å². The second-order valence-electron chi connectivity index (χ2n) is 6.59. The number of benzene rings is 2. The summed E-state index contributed by atoms with van der Waals surface area (Å²) in [5.41, 5.74) is 4.21. The Hall–Kier alpha value is -3.48. The third-order valence-corrected chi connectivity index (χ3v) is 4.35. The molecule has 0 saturated carbocycles. The number of nitrogens with one attached hydrogen (secondary N) is 1. The predicted octanol–water partition coefficient (Wildman–Crippen LogP) is 4.06. The van der Waals surface area contributed by atoms with Crippen LogP contribution in [0.25, 0.3) is 5.69 Å². The molecule has 1 N–H and O–H groups in total. The summed E-state index contributed by atoms with van der Waals surface area (Å²) in [7, 11) is 0. The molecule has 2 aromatic carbocycles. The third kappa shape index (κ3) is 3.57. The molecule has 0 fully saturated rings. The number of nitro benzene ring substituents is 1. The number of nitrogens with zero attached hydrogens (tertiary/aromatic N) is 3. The molecule has 27 heavy (non-hydrogen) atoms. The maximum absolute atomic E-state index is 12.8. The van der Waals surface area contributed by atoms with Gasteiger partial charge in [0.2, 0.25) is 0 Å². The maximum Gasteiger partial charge on any atom is 0.295 e. The molecule has 1 aromatic heterocycles. The number of hydrogen-bond acceptors (Lipinski definition) is 4. The summed E-state index contributed by atoms with van der Waals surface area (Å²) < 4.78 is 1.44. The Morgan fingerprint density at radius 2 is 1.74 bits per heavy atom. The third-order valence-electron chi connectivity index (χ3n) is 4.35. The summed E-state index contributed by atoms with van der Waals surface area (Å²) >= 11 is 0. The highest BCUT2D eigenvalue weighted by Crippen LogP contribution is 2.32. The zero-order valence-corrected chi connectivity index (χ0v) is 15.6. The molecule has 7 heteroatoms. The van der Waals surface area contributed by atoms with E-state index in [9.17, 15) is 14.9 Å². The summed E-state index contributed by atoms with van der Waals surface area (Å²) in [6.07, 6.45) is 1.39. The number of aromatic amines is 1. The van der Waals surface area contributed by atoms with Crippen molar-refractivity contribution in [2.24, 2.45) is 4.99 Å². The van der Waals surface area contributed by atoms with Crippen LogP contribution >= 0.6 is 0 Å². The molecule has 0 saturated heterocycles. The van der Waals surface area contributed by atoms with Gasteiger partial charge in [0, 0.05) is 18.0 Å². The van der Waals surface area contributed by atoms with Crippen LogP contribution in [0.2, 0.25) is 0 Å². The Morgan fingerprint density at radius 1 is 1.07 bits per heavy atom. The van der Waals surface area contributed by atoms with Gasteiger partial charge in [-0.25, -0.2) is 9.67 Å². The first-order valence-electron chi connectivity index (χ1n) is 8.46. The SMILES string of the molecule is Cc1ccc(-n2[nH]c(C)c(C=Nc3c(C)cc(C)cc3[N+](=O)[O-])c2=O)cc1. The van der Waals surface area contributed by atoms with Gasteiger partial charge in [-0.1, -0.05) is 23.8 Å². The molecule has 0 spiro atoms. The minimum Gasteiger partial charge on any atom is -0.295 e. The van der Waals surface area contributed by atoms with Crippen molar-refractivity contribution in [1.29, 1.82) is 0 Å². The van der Waals surface area contributed by atoms with Gasteiger partial charge in [0.05, 0.1) is 16.2 Å². The summed E-state index contributed by atoms with van der Waals surface area (Å²) in [5, 5.41) is 14.4. The van der Waals surface area contributed by atoms with Crippen molar-refractivity contribution < 1.29 is 4.92 Å². The molecule has 1 heterocycles. The van der Waals surface area contributed by atoms with Crippen molar-refractivity contribution in [2.75, 3.05) is 0 Å². The number of aromatic nitrogens is 2. The fourth-order valence-electron chi connectivity index (χ4n) is 2.96. The minimum absolute atomic E-state index is 0.0733. The molecular weight excluding hydrogens is 344 g/mol. The molecule has 0 aliphatic rings. The van der Waals surface area contributed by atoms with Crippen LogP contribution in [-0.4, -0.2) is 20.9 Å². The monoisotopic (exact) mass is 364 g/mol. The van der Waals surface area contributed by atoms with Crippen LogP contribution in [-0.2, 0) is 0 Å². The van der Waals surface area contributed by atoms with E-state index in [1.165, 1.54) is 17.0 Å². The molecule has 3 aromatic rings. The number of rotatable bonds is 4. The van der Waals surface area contributed by atoms with Gasteiger partial charge >= 0.3 is 0 Å². The summed E-state index contributed by atoms with van der Waals surface area (Å²) in [4.78, 5) is 27.9. The lowest BCUT2D eigenvalue weighted by atomic mass is 10.1. The number of H-pyrrole nitrogens is 1. The van der Waals surface area contributed by atoms with Crippen LogP contribution in [0.15, 0.2) is 46.2 Å². The molecule has 138 valence electrons. The summed E-state index contributed by atoms with van der Waals surface area (Å²) in [6, 6.07) is 10.9. The van der Waals surface area contributed by atoms with E-state index in [1.54, 1.807) is 20.8 Å². The minimum atomic E-state index is -0.457. The molecule has 0 amide bonds. The Kier molecular flexibility index (Phi) is 4.77. The maximum atomic E-state index is 12.8. The van der Waals surface area contributed by atoms with Gasteiger partial charge in [-0.05, 0) is 51.0 Å². The van der Waals surface area contributed by atoms with E-state index in [0.29, 0.717) is 22.5 Å². The molecule has 0 radical (unpaired) electrons. The lowest BCUT2D eigenvalue weighted by Gasteiger charge is -2.03. The van der Waals surface area contributed by atoms with Gasteiger partial charge in [0.25, 0.3) is 11.2 Å². The van der Waals surface area contributed by atoms with E-state index in [4.69, 9.17) is 0 Å². The molecule has 3 rings (SSSR count). The van der Waals surface area contributed by atoms with Crippen LogP contribution in [0.3, 0.4) is 0 Å². The normalized spacial score (nSPS) is 11.3. The van der Waals surface area contributed by atoms with Gasteiger partial charge in [-0.15, -0.1) is 0 Å². The van der Waals surface area contributed by atoms with E-state index in [0.717, 1.165) is 11.1 Å². The number of aliphatic imine (C=N–C) groups is 1. The van der Waals surface area contributed by atoms with Crippen molar-refractivity contribution in [1.82, 2.24) is 9.78 Å². The van der Waals surface area contributed by atoms with Gasteiger partial charge in [-0.2, -0.15) is 0 Å². The van der Waals surface area contributed by atoms with Crippen molar-refractivity contribution in [3.05, 3.63) is 84.8 Å². The lowest BCUT2D eigenvalue weighted by Crippen LogP contribution is -2.17. The largest absolute Gasteiger partial charge is 0.295 e. The second kappa shape index (κ2) is 7.03.